The van der Waals surface area contributed by atoms with Gasteiger partial charge in [-0.05, 0) is 157 Å². The average molecular weight is 1630 g/mol. The molecule has 0 aromatic heterocycles. The fourth-order valence-electron chi connectivity index (χ4n) is 16.3. The maximum Gasteiger partial charge on any atom is 0.309 e. The first-order valence-electron chi connectivity index (χ1n) is 37.6. The van der Waals surface area contributed by atoms with Gasteiger partial charge in [-0.2, -0.15) is 0 Å². The van der Waals surface area contributed by atoms with Gasteiger partial charge in [0.2, 0.25) is 0 Å². The summed E-state index contributed by atoms with van der Waals surface area (Å²) < 4.78 is 33.7. The van der Waals surface area contributed by atoms with Crippen molar-refractivity contribution in [3.63, 3.8) is 0 Å². The number of rotatable bonds is 30. The van der Waals surface area contributed by atoms with E-state index in [2.05, 4.69) is 55.4 Å². The van der Waals surface area contributed by atoms with Crippen molar-refractivity contribution in [1.82, 2.24) is 0 Å². The van der Waals surface area contributed by atoms with E-state index in [1.807, 2.05) is 41.5 Å². The van der Waals surface area contributed by atoms with E-state index in [9.17, 15) is 48.6 Å². The van der Waals surface area contributed by atoms with E-state index in [-0.39, 0.29) is 225 Å². The number of aliphatic hydroxyl groups excluding tert-OH is 1. The summed E-state index contributed by atoms with van der Waals surface area (Å²) in [6.07, 6.45) is 21.2. The molecule has 5 heterocycles. The number of methoxy groups -OCH3 is 1. The van der Waals surface area contributed by atoms with Gasteiger partial charge in [-0.1, -0.05) is 234 Å². The standard InChI is InChI=1S/C12H22O3.C11H20O4.C11H18O4.2C11H20O3.C10H18O3.C9H16O3.14CH4/c1-4-8-6-9(5-2)11(12(13)14)10(8)7-15-3;1-3-7-5-8(10(4-2)15-7)9(12)6-11(13)14;1-3-6-5-7(4-2)9(11(14)15)8(6)10(12)13;1-4-8-6-9(7(3)11(12)13)10(5-2)14-8;1-3-9-7-8(5-6-11(12)13)10(4-2)14-9;1-3-8-5-7(6-10(11)12)9(4-2)13-8;1-3-6-5-7(9(10)11)8(4-2)12-6;;;;;;;;;;;;;;/h8-11H,4-7H2,1-3H3,(H,13,14);7-10,12H,3-6H2,1-2H3,(H,13,14);6-9H,3-5H2,1-2H3,(H,12,13)(H,14,15);7-10H,4-6H2,1-3H3,(H,12,13);8-10H,3-7H2,1-2H3,(H,12,13);7-9H,3-6H2,1-2H3,(H,11,12);6-8H,3-5H2,1-2H3,(H,10,11);14*1H4. The molecule has 5 saturated heterocycles. The third-order valence-corrected chi connectivity index (χ3v) is 22.2. The van der Waals surface area contributed by atoms with Gasteiger partial charge in [0.05, 0.1) is 116 Å². The number of carboxylic acid groups (broad SMARTS) is 8. The second kappa shape index (κ2) is 74.1. The van der Waals surface area contributed by atoms with E-state index in [0.717, 1.165) is 135 Å². The highest BCUT2D eigenvalue weighted by molar-refractivity contribution is 5.81. The van der Waals surface area contributed by atoms with Crippen molar-refractivity contribution in [3.8, 4) is 0 Å². The van der Waals surface area contributed by atoms with Crippen molar-refractivity contribution in [2.75, 3.05) is 13.7 Å². The summed E-state index contributed by atoms with van der Waals surface area (Å²) in [5.41, 5.74) is 0. The fourth-order valence-corrected chi connectivity index (χ4v) is 16.3. The highest BCUT2D eigenvalue weighted by Crippen LogP contribution is 2.47. The van der Waals surface area contributed by atoms with Crippen LogP contribution in [0.4, 0.5) is 0 Å². The lowest BCUT2D eigenvalue weighted by molar-refractivity contribution is -0.154. The third kappa shape index (κ3) is 45.3. The van der Waals surface area contributed by atoms with E-state index in [1.165, 1.54) is 0 Å². The summed E-state index contributed by atoms with van der Waals surface area (Å²) in [6.45, 7) is 31.0. The molecule has 2 saturated carbocycles. The fraction of sp³-hybridized carbons (Fsp3) is 0.910. The van der Waals surface area contributed by atoms with Crippen LogP contribution >= 0.6 is 0 Å². The van der Waals surface area contributed by atoms with Gasteiger partial charge in [-0.3, -0.25) is 38.4 Å². The first-order valence-corrected chi connectivity index (χ1v) is 37.6. The van der Waals surface area contributed by atoms with E-state index < -0.39 is 65.7 Å². The first kappa shape index (κ1) is 139. The molecule has 0 spiro atoms. The van der Waals surface area contributed by atoms with Crippen molar-refractivity contribution < 1.29 is 113 Å². The molecule has 0 radical (unpaired) electrons. The molecule has 112 heavy (non-hydrogen) atoms. The maximum absolute atomic E-state index is 11.3. The van der Waals surface area contributed by atoms with Crippen LogP contribution in [0, 0.1) is 82.9 Å². The summed E-state index contributed by atoms with van der Waals surface area (Å²) in [5, 5.41) is 80.9. The van der Waals surface area contributed by atoms with Crippen LogP contribution in [-0.4, -0.2) is 175 Å². The number of aliphatic carboxylic acids is 8. The third-order valence-electron chi connectivity index (χ3n) is 22.2. The van der Waals surface area contributed by atoms with Crippen LogP contribution < -0.4 is 0 Å². The van der Waals surface area contributed by atoms with Crippen molar-refractivity contribution in [2.45, 2.75) is 435 Å². The topological polar surface area (TPSA) is 374 Å². The Hall–Kier alpha value is -4.52. The van der Waals surface area contributed by atoms with E-state index in [0.29, 0.717) is 43.0 Å². The quantitative estimate of drug-likeness (QED) is 0.0322. The Morgan fingerprint density at radius 3 is 0.973 bits per heavy atom. The van der Waals surface area contributed by atoms with Crippen molar-refractivity contribution >= 4 is 47.8 Å². The van der Waals surface area contributed by atoms with Crippen LogP contribution in [0.5, 0.6) is 0 Å². The zero-order chi connectivity index (χ0) is 74.7. The molecule has 0 bridgehead atoms. The summed E-state index contributed by atoms with van der Waals surface area (Å²) >= 11 is 0. The van der Waals surface area contributed by atoms with Gasteiger partial charge in [-0.25, -0.2) is 0 Å². The molecule has 684 valence electrons. The second-order valence-electron chi connectivity index (χ2n) is 28.2. The Balaban J connectivity index is -0.0000000817. The Labute approximate surface area is 689 Å². The van der Waals surface area contributed by atoms with Gasteiger partial charge in [-0.15, -0.1) is 0 Å². The lowest BCUT2D eigenvalue weighted by atomic mass is 9.85. The molecular weight excluding hydrogens is 1440 g/mol. The number of carbonyl (C=O) groups is 8. The molecule has 0 aromatic carbocycles. The molecule has 0 amide bonds. The van der Waals surface area contributed by atoms with Crippen molar-refractivity contribution in [2.24, 2.45) is 82.9 Å². The van der Waals surface area contributed by atoms with Gasteiger partial charge in [0.15, 0.2) is 0 Å². The average Bonchev–Trinajstić information content (AvgIpc) is 1.67. The number of hydrogen-bond donors (Lipinski definition) is 9. The predicted octanol–water partition coefficient (Wildman–Crippen LogP) is 23.0. The van der Waals surface area contributed by atoms with Gasteiger partial charge < -0.3 is 74.4 Å². The largest absolute Gasteiger partial charge is 0.481 e. The molecule has 25 atom stereocenters. The molecule has 7 aliphatic rings. The molecule has 7 fully saturated rings. The summed E-state index contributed by atoms with van der Waals surface area (Å²) in [7, 11) is 1.66. The first-order chi connectivity index (χ1) is 46.4. The summed E-state index contributed by atoms with van der Waals surface area (Å²) in [4.78, 5) is 86.6. The van der Waals surface area contributed by atoms with E-state index in [4.69, 9.17) is 64.2 Å². The van der Waals surface area contributed by atoms with Crippen LogP contribution in [0.3, 0.4) is 0 Å². The molecule has 9 N–H and O–H groups in total. The molecular formula is C89H190O23. The minimum Gasteiger partial charge on any atom is -0.481 e. The zero-order valence-electron chi connectivity index (χ0n) is 62.6. The smallest absolute Gasteiger partial charge is 0.309 e. The molecule has 5 aliphatic heterocycles. The van der Waals surface area contributed by atoms with Gasteiger partial charge in [0.25, 0.3) is 0 Å². The predicted molar refractivity (Wildman–Crippen MR) is 466 cm³/mol. The highest BCUT2D eigenvalue weighted by atomic mass is 16.5. The zero-order valence-corrected chi connectivity index (χ0v) is 62.6. The van der Waals surface area contributed by atoms with Crippen LogP contribution in [0.15, 0.2) is 0 Å². The number of aliphatic hydroxyl groups is 1. The van der Waals surface area contributed by atoms with Crippen LogP contribution in [0.2, 0.25) is 0 Å². The van der Waals surface area contributed by atoms with E-state index >= 15 is 0 Å². The molecule has 7 rings (SSSR count). The minimum absolute atomic E-state index is 0. The highest BCUT2D eigenvalue weighted by Gasteiger charge is 2.50. The number of hydrogen-bond acceptors (Lipinski definition) is 15. The van der Waals surface area contributed by atoms with E-state index in [1.54, 1.807) is 14.0 Å². The number of carboxylic acids is 8. The summed E-state index contributed by atoms with van der Waals surface area (Å²) in [6, 6.07) is 0. The lowest BCUT2D eigenvalue weighted by Crippen LogP contribution is -2.31. The SMILES string of the molecule is C.C.C.C.C.C.C.C.C.C.C.C.C.C.CCC1CC(C(=O)O)C(CC)O1.CCC1CC(C(C)C(=O)O)C(CC)O1.CCC1CC(C(O)CC(=O)O)C(CC)O1.CCC1CC(CC(=O)O)C(CC)O1.CCC1CC(CC)C(C(=O)O)C1C(=O)O.CCC1CC(CC)C(C(=O)O)C1COC.CCC1CC(CCC(=O)O)C(CC)O1. The molecule has 0 aromatic rings. The van der Waals surface area contributed by atoms with Crippen molar-refractivity contribution in [1.29, 1.82) is 0 Å². The molecule has 23 nitrogen and oxygen atoms in total. The molecule has 25 unspecified atom stereocenters. The Bertz CT molecular complexity index is 2280. The van der Waals surface area contributed by atoms with Gasteiger partial charge >= 0.3 is 47.8 Å². The van der Waals surface area contributed by atoms with Crippen molar-refractivity contribution in [3.05, 3.63) is 0 Å². The maximum atomic E-state index is 11.3. The number of ether oxygens (including phenoxy) is 6. The Kier molecular flexibility index (Phi) is 92.2. The molecule has 23 heteroatoms. The van der Waals surface area contributed by atoms with Crippen LogP contribution in [-0.2, 0) is 66.8 Å². The lowest BCUT2D eigenvalue weighted by Gasteiger charge is -2.22. The monoisotopic (exact) mass is 1630 g/mol. The Morgan fingerprint density at radius 2 is 0.661 bits per heavy atom. The normalized spacial score (nSPS) is 29.9. The van der Waals surface area contributed by atoms with Crippen LogP contribution in [0.1, 0.15) is 368 Å². The van der Waals surface area contributed by atoms with Gasteiger partial charge in [0, 0.05) is 25.4 Å². The second-order valence-corrected chi connectivity index (χ2v) is 28.2. The molecule has 2 aliphatic carbocycles. The Morgan fingerprint density at radius 1 is 0.339 bits per heavy atom. The summed E-state index contributed by atoms with van der Waals surface area (Å²) in [5.74, 6) is -6.46. The van der Waals surface area contributed by atoms with Crippen LogP contribution in [0.25, 0.3) is 0 Å². The minimum atomic E-state index is -0.954. The van der Waals surface area contributed by atoms with Gasteiger partial charge in [0.1, 0.15) is 0 Å².